The summed E-state index contributed by atoms with van der Waals surface area (Å²) >= 11 is 1.42. The number of hydrogen-bond acceptors (Lipinski definition) is 6. The molecule has 2 aromatic carbocycles. The number of thiazole rings is 1. The van der Waals surface area contributed by atoms with Gasteiger partial charge in [-0.1, -0.05) is 6.07 Å². The van der Waals surface area contributed by atoms with Crippen molar-refractivity contribution in [1.82, 2.24) is 4.98 Å². The van der Waals surface area contributed by atoms with Gasteiger partial charge in [-0.25, -0.2) is 9.78 Å². The normalized spacial score (nSPS) is 10.3. The number of rotatable bonds is 6. The number of methoxy groups -OCH3 is 2. The molecule has 3 rings (SSSR count). The van der Waals surface area contributed by atoms with Gasteiger partial charge in [-0.2, -0.15) is 0 Å². The molecule has 0 atom stereocenters. The largest absolute Gasteiger partial charge is 0.497 e. The summed E-state index contributed by atoms with van der Waals surface area (Å²) in [7, 11) is 3.21. The van der Waals surface area contributed by atoms with Gasteiger partial charge in [-0.15, -0.1) is 11.3 Å². The number of ether oxygens (including phenoxy) is 2. The van der Waals surface area contributed by atoms with E-state index < -0.39 is 5.97 Å². The first-order chi connectivity index (χ1) is 12.1. The molecule has 1 heterocycles. The van der Waals surface area contributed by atoms with Crippen molar-refractivity contribution >= 4 is 28.1 Å². The first-order valence-corrected chi connectivity index (χ1v) is 8.27. The van der Waals surface area contributed by atoms with Gasteiger partial charge in [-0.3, -0.25) is 0 Å². The monoisotopic (exact) mass is 356 g/mol. The number of carboxylic acid groups (broad SMARTS) is 1. The van der Waals surface area contributed by atoms with Crippen molar-refractivity contribution in [2.24, 2.45) is 0 Å². The SMILES string of the molecule is COc1ccc(OC)c(-c2csc(Nc3cccc(C(=O)O)c3)n2)c1. The molecule has 3 aromatic rings. The number of anilines is 2. The lowest BCUT2D eigenvalue weighted by Gasteiger charge is -2.08. The Hall–Kier alpha value is -3.06. The molecule has 7 heteroatoms. The van der Waals surface area contributed by atoms with Gasteiger partial charge in [0.1, 0.15) is 11.5 Å². The lowest BCUT2D eigenvalue weighted by atomic mass is 10.1. The van der Waals surface area contributed by atoms with Crippen LogP contribution in [0.2, 0.25) is 0 Å². The molecule has 0 radical (unpaired) electrons. The van der Waals surface area contributed by atoms with Crippen molar-refractivity contribution in [1.29, 1.82) is 0 Å². The summed E-state index contributed by atoms with van der Waals surface area (Å²) in [5.41, 5.74) is 2.46. The van der Waals surface area contributed by atoms with Crippen LogP contribution < -0.4 is 14.8 Å². The minimum Gasteiger partial charge on any atom is -0.497 e. The van der Waals surface area contributed by atoms with E-state index in [2.05, 4.69) is 10.3 Å². The highest BCUT2D eigenvalue weighted by Gasteiger charge is 2.12. The quantitative estimate of drug-likeness (QED) is 0.686. The highest BCUT2D eigenvalue weighted by molar-refractivity contribution is 7.14. The van der Waals surface area contributed by atoms with E-state index in [9.17, 15) is 4.79 Å². The van der Waals surface area contributed by atoms with E-state index in [1.165, 1.54) is 11.3 Å². The topological polar surface area (TPSA) is 80.7 Å². The zero-order valence-corrected chi connectivity index (χ0v) is 14.5. The molecule has 2 N–H and O–H groups in total. The van der Waals surface area contributed by atoms with Crippen LogP contribution in [0.5, 0.6) is 11.5 Å². The van der Waals surface area contributed by atoms with Gasteiger partial charge in [0, 0.05) is 16.6 Å². The van der Waals surface area contributed by atoms with Crippen LogP contribution in [-0.4, -0.2) is 30.3 Å². The Bertz CT molecular complexity index is 908. The van der Waals surface area contributed by atoms with E-state index in [0.717, 1.165) is 11.3 Å². The third kappa shape index (κ3) is 3.72. The average Bonchev–Trinajstić information content (AvgIpc) is 3.09. The Morgan fingerprint density at radius 2 is 2.00 bits per heavy atom. The van der Waals surface area contributed by atoms with Crippen LogP contribution in [0, 0.1) is 0 Å². The maximum atomic E-state index is 11.1. The number of nitrogens with zero attached hydrogens (tertiary/aromatic N) is 1. The van der Waals surface area contributed by atoms with E-state index in [4.69, 9.17) is 14.6 Å². The molecule has 0 fully saturated rings. The fourth-order valence-electron chi connectivity index (χ4n) is 2.32. The fraction of sp³-hybridized carbons (Fsp3) is 0.111. The van der Waals surface area contributed by atoms with E-state index >= 15 is 0 Å². The molecule has 0 amide bonds. The Kier molecular flexibility index (Phi) is 4.85. The number of carboxylic acids is 1. The second kappa shape index (κ2) is 7.23. The predicted octanol–water partition coefficient (Wildman–Crippen LogP) is 4.27. The van der Waals surface area contributed by atoms with Crippen LogP contribution in [0.3, 0.4) is 0 Å². The van der Waals surface area contributed by atoms with Crippen molar-refractivity contribution in [3.63, 3.8) is 0 Å². The van der Waals surface area contributed by atoms with Crippen LogP contribution in [0.25, 0.3) is 11.3 Å². The number of nitrogens with one attached hydrogen (secondary N) is 1. The van der Waals surface area contributed by atoms with E-state index in [-0.39, 0.29) is 5.56 Å². The summed E-state index contributed by atoms with van der Waals surface area (Å²) < 4.78 is 10.7. The summed E-state index contributed by atoms with van der Waals surface area (Å²) in [4.78, 5) is 15.6. The van der Waals surface area contributed by atoms with Gasteiger partial charge in [0.25, 0.3) is 0 Å². The molecule has 0 saturated carbocycles. The number of aromatic carboxylic acids is 1. The predicted molar refractivity (Wildman–Crippen MR) is 97.3 cm³/mol. The second-order valence-corrected chi connectivity index (χ2v) is 5.97. The van der Waals surface area contributed by atoms with Crippen molar-refractivity contribution in [3.05, 3.63) is 53.4 Å². The van der Waals surface area contributed by atoms with Crippen molar-refractivity contribution in [2.75, 3.05) is 19.5 Å². The molecular formula is C18H16N2O4S. The number of aromatic nitrogens is 1. The van der Waals surface area contributed by atoms with Gasteiger partial charge in [-0.05, 0) is 36.4 Å². The van der Waals surface area contributed by atoms with Crippen LogP contribution in [-0.2, 0) is 0 Å². The van der Waals surface area contributed by atoms with Crippen LogP contribution in [0.1, 0.15) is 10.4 Å². The Morgan fingerprint density at radius 1 is 1.16 bits per heavy atom. The molecule has 0 saturated heterocycles. The minimum absolute atomic E-state index is 0.219. The lowest BCUT2D eigenvalue weighted by molar-refractivity contribution is 0.0697. The minimum atomic E-state index is -0.968. The molecule has 0 aliphatic carbocycles. The van der Waals surface area contributed by atoms with Gasteiger partial charge in [0.05, 0.1) is 25.5 Å². The first-order valence-electron chi connectivity index (χ1n) is 7.39. The molecule has 128 valence electrons. The van der Waals surface area contributed by atoms with Gasteiger partial charge in [0.2, 0.25) is 0 Å². The Morgan fingerprint density at radius 3 is 2.72 bits per heavy atom. The molecular weight excluding hydrogens is 340 g/mol. The average molecular weight is 356 g/mol. The third-order valence-electron chi connectivity index (χ3n) is 3.55. The lowest BCUT2D eigenvalue weighted by Crippen LogP contribution is -1.97. The summed E-state index contributed by atoms with van der Waals surface area (Å²) in [5, 5.41) is 14.8. The van der Waals surface area contributed by atoms with Crippen molar-refractivity contribution in [3.8, 4) is 22.8 Å². The zero-order valence-electron chi connectivity index (χ0n) is 13.6. The van der Waals surface area contributed by atoms with Crippen molar-refractivity contribution < 1.29 is 19.4 Å². The van der Waals surface area contributed by atoms with Crippen LogP contribution >= 0.6 is 11.3 Å². The highest BCUT2D eigenvalue weighted by atomic mass is 32.1. The molecule has 0 unspecified atom stereocenters. The number of benzene rings is 2. The summed E-state index contributed by atoms with van der Waals surface area (Å²) in [6, 6.07) is 12.1. The fourth-order valence-corrected chi connectivity index (χ4v) is 3.05. The first kappa shape index (κ1) is 16.8. The maximum Gasteiger partial charge on any atom is 0.335 e. The standard InChI is InChI=1S/C18H16N2O4S/c1-23-13-6-7-16(24-2)14(9-13)15-10-25-18(20-15)19-12-5-3-4-11(8-12)17(21)22/h3-10H,1-2H3,(H,19,20)(H,21,22). The molecule has 0 spiro atoms. The molecule has 1 aromatic heterocycles. The van der Waals surface area contributed by atoms with E-state index in [0.29, 0.717) is 22.3 Å². The summed E-state index contributed by atoms with van der Waals surface area (Å²) in [5.74, 6) is 0.447. The Balaban J connectivity index is 1.88. The molecule has 6 nitrogen and oxygen atoms in total. The number of carbonyl (C=O) groups is 1. The second-order valence-electron chi connectivity index (χ2n) is 5.12. The van der Waals surface area contributed by atoms with Crippen LogP contribution in [0.4, 0.5) is 10.8 Å². The van der Waals surface area contributed by atoms with Gasteiger partial charge in [0.15, 0.2) is 5.13 Å². The third-order valence-corrected chi connectivity index (χ3v) is 4.31. The highest BCUT2D eigenvalue weighted by Crippen LogP contribution is 2.35. The molecule has 0 aliphatic heterocycles. The molecule has 25 heavy (non-hydrogen) atoms. The molecule has 0 aliphatic rings. The van der Waals surface area contributed by atoms with Gasteiger partial charge < -0.3 is 19.9 Å². The van der Waals surface area contributed by atoms with Crippen molar-refractivity contribution in [2.45, 2.75) is 0 Å². The Labute approximate surface area is 148 Å². The smallest absolute Gasteiger partial charge is 0.335 e. The van der Waals surface area contributed by atoms with E-state index in [1.54, 1.807) is 38.5 Å². The van der Waals surface area contributed by atoms with Crippen LogP contribution in [0.15, 0.2) is 47.8 Å². The summed E-state index contributed by atoms with van der Waals surface area (Å²) in [6.45, 7) is 0. The zero-order chi connectivity index (χ0) is 17.8. The maximum absolute atomic E-state index is 11.1. The number of hydrogen-bond donors (Lipinski definition) is 2. The summed E-state index contributed by atoms with van der Waals surface area (Å²) in [6.07, 6.45) is 0. The molecule has 0 bridgehead atoms. The van der Waals surface area contributed by atoms with E-state index in [1.807, 2.05) is 23.6 Å². The van der Waals surface area contributed by atoms with Gasteiger partial charge >= 0.3 is 5.97 Å².